The first kappa shape index (κ1) is 22.9. The number of likely N-dealkylation sites (N-methyl/N-ethyl adjacent to an activating group) is 1. The zero-order valence-electron chi connectivity index (χ0n) is 18.5. The first-order chi connectivity index (χ1) is 15.9. The number of fused-ring (bicyclic) bond motifs is 2. The van der Waals surface area contributed by atoms with Crippen LogP contribution in [0.2, 0.25) is 5.02 Å². The van der Waals surface area contributed by atoms with Crippen molar-refractivity contribution in [3.05, 3.63) is 69.1 Å². The monoisotopic (exact) mass is 464 g/mol. The van der Waals surface area contributed by atoms with Crippen LogP contribution < -0.4 is 11.3 Å². The van der Waals surface area contributed by atoms with Gasteiger partial charge < -0.3 is 20.3 Å². The van der Waals surface area contributed by atoms with Crippen molar-refractivity contribution in [1.82, 2.24) is 14.6 Å². The van der Waals surface area contributed by atoms with Crippen molar-refractivity contribution in [2.45, 2.75) is 26.5 Å². The van der Waals surface area contributed by atoms with Crippen molar-refractivity contribution in [3.8, 4) is 11.8 Å². The molecule has 8 heteroatoms. The van der Waals surface area contributed by atoms with Crippen LogP contribution in [0.15, 0.2) is 51.9 Å². The predicted molar refractivity (Wildman–Crippen MR) is 131 cm³/mol. The summed E-state index contributed by atoms with van der Waals surface area (Å²) in [5.74, 6) is 6.44. The first-order valence-corrected chi connectivity index (χ1v) is 11.2. The molecule has 2 aromatic heterocycles. The van der Waals surface area contributed by atoms with Crippen LogP contribution in [0.4, 0.5) is 5.82 Å². The van der Waals surface area contributed by atoms with Crippen molar-refractivity contribution >= 4 is 39.2 Å². The Kier molecular flexibility index (Phi) is 6.70. The molecule has 0 aliphatic carbocycles. The number of para-hydroxylation sites is 1. The van der Waals surface area contributed by atoms with E-state index in [0.717, 1.165) is 23.9 Å². The molecule has 0 saturated heterocycles. The number of hydrogen-bond acceptors (Lipinski definition) is 6. The third-order valence-corrected chi connectivity index (χ3v) is 5.85. The summed E-state index contributed by atoms with van der Waals surface area (Å²) in [6.07, 6.45) is 0.944. The number of benzene rings is 2. The molecule has 7 nitrogen and oxygen atoms in total. The molecule has 33 heavy (non-hydrogen) atoms. The molecule has 0 bridgehead atoms. The zero-order chi connectivity index (χ0) is 23.5. The summed E-state index contributed by atoms with van der Waals surface area (Å²) in [5.41, 5.74) is 7.26. The fraction of sp³-hybridized carbons (Fsp3) is 0.280. The van der Waals surface area contributed by atoms with Gasteiger partial charge in [0.2, 0.25) is 0 Å². The van der Waals surface area contributed by atoms with E-state index in [4.69, 9.17) is 21.9 Å². The van der Waals surface area contributed by atoms with E-state index in [1.54, 1.807) is 36.5 Å². The molecule has 3 N–H and O–H groups in total. The number of aliphatic hydroxyl groups is 1. The van der Waals surface area contributed by atoms with Crippen LogP contribution in [0.3, 0.4) is 0 Å². The smallest absolute Gasteiger partial charge is 0.290 e. The molecule has 170 valence electrons. The minimum absolute atomic E-state index is 0.0651. The van der Waals surface area contributed by atoms with Gasteiger partial charge in [-0.2, -0.15) is 4.74 Å². The highest BCUT2D eigenvalue weighted by atomic mass is 35.5. The van der Waals surface area contributed by atoms with E-state index in [2.05, 4.69) is 21.7 Å². The van der Waals surface area contributed by atoms with Crippen molar-refractivity contribution < 1.29 is 9.63 Å². The minimum Gasteiger partial charge on any atom is -0.390 e. The average molecular weight is 465 g/mol. The molecule has 0 fully saturated rings. The second kappa shape index (κ2) is 9.67. The van der Waals surface area contributed by atoms with E-state index >= 15 is 0 Å². The molecule has 4 aromatic rings. The standard InChI is InChI=1S/C25H25ClN4O3/c1-3-29(4-2)14-19(31)15-30-25(32)21-7-5-6-16(23(21)33-30)9-11-20-22-12-18(26)10-8-17(22)13-28-24(20)27/h5-8,10,12-13,19,31H,3-4,14-15H2,1-2H3,(H2,27,28). The summed E-state index contributed by atoms with van der Waals surface area (Å²) in [6.45, 7) is 6.22. The molecular formula is C25H25ClN4O3. The summed E-state index contributed by atoms with van der Waals surface area (Å²) in [5, 5.41) is 13.1. The van der Waals surface area contributed by atoms with E-state index in [1.165, 1.54) is 4.74 Å². The van der Waals surface area contributed by atoms with Gasteiger partial charge in [-0.25, -0.2) is 4.98 Å². The highest BCUT2D eigenvalue weighted by Gasteiger charge is 2.17. The number of nitrogen functional groups attached to an aromatic ring is 1. The van der Waals surface area contributed by atoms with Crippen LogP contribution in [0.25, 0.3) is 21.7 Å². The lowest BCUT2D eigenvalue weighted by Gasteiger charge is -2.21. The molecular weight excluding hydrogens is 440 g/mol. The maximum Gasteiger partial charge on any atom is 0.290 e. The van der Waals surface area contributed by atoms with Gasteiger partial charge in [0, 0.05) is 28.5 Å². The number of anilines is 1. The normalized spacial score (nSPS) is 12.3. The van der Waals surface area contributed by atoms with Crippen molar-refractivity contribution in [2.24, 2.45) is 0 Å². The minimum atomic E-state index is -0.732. The first-order valence-electron chi connectivity index (χ1n) is 10.8. The van der Waals surface area contributed by atoms with Crippen LogP contribution in [0, 0.1) is 11.8 Å². The van der Waals surface area contributed by atoms with E-state index in [9.17, 15) is 9.90 Å². The number of nitrogens with zero attached hydrogens (tertiary/aromatic N) is 3. The summed E-state index contributed by atoms with van der Waals surface area (Å²) in [6, 6.07) is 10.7. The van der Waals surface area contributed by atoms with Gasteiger partial charge in [-0.3, -0.25) is 4.79 Å². The molecule has 0 aliphatic rings. The highest BCUT2D eigenvalue weighted by Crippen LogP contribution is 2.25. The molecule has 0 spiro atoms. The van der Waals surface area contributed by atoms with Crippen LogP contribution in [0.5, 0.6) is 0 Å². The molecule has 1 unspecified atom stereocenters. The quantitative estimate of drug-likeness (QED) is 0.424. The molecule has 0 aliphatic heterocycles. The maximum atomic E-state index is 12.8. The van der Waals surface area contributed by atoms with Gasteiger partial charge in [-0.1, -0.05) is 49.4 Å². The van der Waals surface area contributed by atoms with E-state index in [-0.39, 0.29) is 12.1 Å². The Labute approximate surface area is 196 Å². The predicted octanol–water partition coefficient (Wildman–Crippen LogP) is 3.48. The summed E-state index contributed by atoms with van der Waals surface area (Å²) in [7, 11) is 0. The van der Waals surface area contributed by atoms with Crippen LogP contribution in [0.1, 0.15) is 25.0 Å². The number of aromatic nitrogens is 2. The van der Waals surface area contributed by atoms with Crippen molar-refractivity contribution in [3.63, 3.8) is 0 Å². The fourth-order valence-corrected chi connectivity index (χ4v) is 3.97. The number of pyridine rings is 1. The number of hydrogen-bond donors (Lipinski definition) is 2. The Morgan fingerprint density at radius 1 is 1.21 bits per heavy atom. The Morgan fingerprint density at radius 3 is 2.76 bits per heavy atom. The summed E-state index contributed by atoms with van der Waals surface area (Å²) >= 11 is 6.16. The average Bonchev–Trinajstić information content (AvgIpc) is 3.12. The number of aliphatic hydroxyl groups excluding tert-OH is 1. The third-order valence-electron chi connectivity index (χ3n) is 5.62. The molecule has 0 radical (unpaired) electrons. The Morgan fingerprint density at radius 2 is 2.00 bits per heavy atom. The van der Waals surface area contributed by atoms with Crippen molar-refractivity contribution in [1.29, 1.82) is 0 Å². The van der Waals surface area contributed by atoms with Gasteiger partial charge in [-0.05, 0) is 37.4 Å². The second-order valence-corrected chi connectivity index (χ2v) is 8.22. The number of nitrogens with two attached hydrogens (primary N) is 1. The van der Waals surface area contributed by atoms with Crippen LogP contribution in [-0.4, -0.2) is 45.5 Å². The molecule has 0 amide bonds. The van der Waals surface area contributed by atoms with E-state index < -0.39 is 6.10 Å². The number of rotatable bonds is 6. The SMILES string of the molecule is CCN(CC)CC(O)Cn1oc2c(C#Cc3c(N)ncc4ccc(Cl)cc34)cccc2c1=O. The lowest BCUT2D eigenvalue weighted by atomic mass is 10.1. The molecule has 0 saturated carbocycles. The molecule has 2 heterocycles. The lowest BCUT2D eigenvalue weighted by Crippen LogP contribution is -2.35. The van der Waals surface area contributed by atoms with Gasteiger partial charge in [0.05, 0.1) is 29.2 Å². The van der Waals surface area contributed by atoms with E-state index in [1.807, 2.05) is 19.9 Å². The molecule has 2 aromatic carbocycles. The zero-order valence-corrected chi connectivity index (χ0v) is 19.3. The van der Waals surface area contributed by atoms with Gasteiger partial charge in [0.15, 0.2) is 5.58 Å². The van der Waals surface area contributed by atoms with Crippen LogP contribution in [-0.2, 0) is 6.54 Å². The topological polar surface area (TPSA) is 97.5 Å². The summed E-state index contributed by atoms with van der Waals surface area (Å²) in [4.78, 5) is 19.1. The molecule has 1 atom stereocenters. The second-order valence-electron chi connectivity index (χ2n) is 7.78. The highest BCUT2D eigenvalue weighted by molar-refractivity contribution is 6.31. The van der Waals surface area contributed by atoms with Gasteiger partial charge in [0.1, 0.15) is 5.82 Å². The van der Waals surface area contributed by atoms with Crippen molar-refractivity contribution in [2.75, 3.05) is 25.4 Å². The third kappa shape index (κ3) is 4.74. The Hall–Kier alpha value is -3.31. The largest absolute Gasteiger partial charge is 0.390 e. The Balaban J connectivity index is 1.72. The van der Waals surface area contributed by atoms with E-state index in [0.29, 0.717) is 39.5 Å². The van der Waals surface area contributed by atoms with Gasteiger partial charge in [-0.15, -0.1) is 0 Å². The van der Waals surface area contributed by atoms with Crippen LogP contribution >= 0.6 is 11.6 Å². The van der Waals surface area contributed by atoms with Gasteiger partial charge in [0.25, 0.3) is 5.56 Å². The lowest BCUT2D eigenvalue weighted by molar-refractivity contribution is 0.0777. The fourth-order valence-electron chi connectivity index (χ4n) is 3.80. The van der Waals surface area contributed by atoms with Gasteiger partial charge >= 0.3 is 0 Å². The Bertz CT molecular complexity index is 1420. The maximum absolute atomic E-state index is 12.8. The summed E-state index contributed by atoms with van der Waals surface area (Å²) < 4.78 is 7.02. The molecule has 4 rings (SSSR count). The number of halogens is 1.